The number of aliphatic carboxylic acids is 1. The number of aryl methyl sites for hydroxylation is 1. The fourth-order valence-corrected chi connectivity index (χ4v) is 1.93. The smallest absolute Gasteiger partial charge is 0.322 e. The maximum atomic E-state index is 12.1. The Morgan fingerprint density at radius 1 is 1.32 bits per heavy atom. The van der Waals surface area contributed by atoms with Gasteiger partial charge in [-0.05, 0) is 0 Å². The summed E-state index contributed by atoms with van der Waals surface area (Å²) in [4.78, 5) is 22.7. The molecule has 1 aromatic carbocycles. The molecule has 0 unspecified atom stereocenters. The van der Waals surface area contributed by atoms with Crippen LogP contribution in [-0.2, 0) is 11.3 Å². The van der Waals surface area contributed by atoms with Gasteiger partial charge >= 0.3 is 5.97 Å². The molecule has 1 heterocycles. The van der Waals surface area contributed by atoms with Crippen LogP contribution in [0.5, 0.6) is 0 Å². The van der Waals surface area contributed by atoms with Crippen LogP contribution in [0.2, 0.25) is 0 Å². The van der Waals surface area contributed by atoms with Crippen LogP contribution in [0.25, 0.3) is 11.3 Å². The van der Waals surface area contributed by atoms with Gasteiger partial charge in [-0.2, -0.15) is 10.4 Å². The minimum absolute atomic E-state index is 0.270. The summed E-state index contributed by atoms with van der Waals surface area (Å²) in [6.45, 7) is -0.0982. The number of nitrogens with one attached hydrogen (secondary N) is 1. The highest BCUT2D eigenvalue weighted by Gasteiger charge is 2.18. The Morgan fingerprint density at radius 2 is 2.05 bits per heavy atom. The number of nitrogens with zero attached hydrogens (tertiary/aromatic N) is 3. The van der Waals surface area contributed by atoms with Gasteiger partial charge in [0, 0.05) is 11.8 Å². The van der Waals surface area contributed by atoms with Crippen molar-refractivity contribution in [3.63, 3.8) is 0 Å². The van der Waals surface area contributed by atoms with Gasteiger partial charge in [0.1, 0.15) is 12.2 Å². The first-order chi connectivity index (χ1) is 10.6. The van der Waals surface area contributed by atoms with Gasteiger partial charge in [0.05, 0.1) is 24.6 Å². The summed E-state index contributed by atoms with van der Waals surface area (Å²) in [5, 5.41) is 23.9. The van der Waals surface area contributed by atoms with Gasteiger partial charge < -0.3 is 10.4 Å². The average Bonchev–Trinajstić information content (AvgIpc) is 2.95. The molecule has 7 nitrogen and oxygen atoms in total. The third-order valence-corrected chi connectivity index (χ3v) is 2.91. The van der Waals surface area contributed by atoms with Gasteiger partial charge in [-0.3, -0.25) is 14.3 Å². The lowest BCUT2D eigenvalue weighted by atomic mass is 10.1. The first kappa shape index (κ1) is 15.3. The largest absolute Gasteiger partial charge is 0.480 e. The SMILES string of the molecule is N#CCCn1cc(C(=O)NCC(=O)O)c(-c2ccccc2)n1. The van der Waals surface area contributed by atoms with E-state index in [2.05, 4.69) is 10.4 Å². The highest BCUT2D eigenvalue weighted by Crippen LogP contribution is 2.21. The standard InChI is InChI=1S/C15H14N4O3/c16-7-4-8-19-10-12(15(22)17-9-13(20)21)14(18-19)11-5-2-1-3-6-11/h1-3,5-6,10H,4,8-9H2,(H,17,22)(H,20,21). The number of hydrogen-bond donors (Lipinski definition) is 2. The van der Waals surface area contributed by atoms with Crippen molar-refractivity contribution in [3.8, 4) is 17.3 Å². The van der Waals surface area contributed by atoms with Crippen LogP contribution in [-0.4, -0.2) is 33.3 Å². The molecule has 1 aromatic heterocycles. The molecule has 22 heavy (non-hydrogen) atoms. The molecule has 2 N–H and O–H groups in total. The molecule has 0 aliphatic heterocycles. The van der Waals surface area contributed by atoms with E-state index in [0.717, 1.165) is 5.56 Å². The lowest BCUT2D eigenvalue weighted by molar-refractivity contribution is -0.135. The fraction of sp³-hybridized carbons (Fsp3) is 0.200. The Balaban J connectivity index is 2.33. The lowest BCUT2D eigenvalue weighted by Crippen LogP contribution is -2.29. The molecular formula is C15H14N4O3. The quantitative estimate of drug-likeness (QED) is 0.835. The van der Waals surface area contributed by atoms with E-state index in [4.69, 9.17) is 10.4 Å². The molecule has 112 valence electrons. The maximum absolute atomic E-state index is 12.1. The lowest BCUT2D eigenvalue weighted by Gasteiger charge is -2.02. The molecule has 7 heteroatoms. The maximum Gasteiger partial charge on any atom is 0.322 e. The molecule has 0 aliphatic rings. The summed E-state index contributed by atoms with van der Waals surface area (Å²) in [6.07, 6.45) is 1.79. The van der Waals surface area contributed by atoms with Crippen molar-refractivity contribution in [1.29, 1.82) is 5.26 Å². The zero-order valence-electron chi connectivity index (χ0n) is 11.7. The number of carbonyl (C=O) groups excluding carboxylic acids is 1. The molecule has 2 aromatic rings. The van der Waals surface area contributed by atoms with Crippen molar-refractivity contribution in [2.24, 2.45) is 0 Å². The highest BCUT2D eigenvalue weighted by atomic mass is 16.4. The Hall–Kier alpha value is -3.14. The number of nitriles is 1. The number of hydrogen-bond acceptors (Lipinski definition) is 4. The summed E-state index contributed by atoms with van der Waals surface area (Å²) >= 11 is 0. The van der Waals surface area contributed by atoms with E-state index in [1.165, 1.54) is 10.9 Å². The summed E-state index contributed by atoms with van der Waals surface area (Å²) in [7, 11) is 0. The number of benzene rings is 1. The molecule has 0 spiro atoms. The first-order valence-corrected chi connectivity index (χ1v) is 6.61. The van der Waals surface area contributed by atoms with Crippen molar-refractivity contribution < 1.29 is 14.7 Å². The molecule has 0 radical (unpaired) electrons. The third-order valence-electron chi connectivity index (χ3n) is 2.91. The van der Waals surface area contributed by atoms with Crippen molar-refractivity contribution in [1.82, 2.24) is 15.1 Å². The minimum Gasteiger partial charge on any atom is -0.480 e. The predicted octanol–water partition coefficient (Wildman–Crippen LogP) is 1.28. The number of rotatable bonds is 6. The van der Waals surface area contributed by atoms with Crippen LogP contribution in [0.1, 0.15) is 16.8 Å². The normalized spacial score (nSPS) is 9.95. The number of amides is 1. The van der Waals surface area contributed by atoms with Crippen molar-refractivity contribution in [2.45, 2.75) is 13.0 Å². The Labute approximate surface area is 126 Å². The zero-order valence-corrected chi connectivity index (χ0v) is 11.7. The van der Waals surface area contributed by atoms with E-state index in [1.807, 2.05) is 36.4 Å². The summed E-state index contributed by atoms with van der Waals surface area (Å²) in [6, 6.07) is 11.1. The fourth-order valence-electron chi connectivity index (χ4n) is 1.93. The van der Waals surface area contributed by atoms with Gasteiger partial charge in [-0.25, -0.2) is 0 Å². The van der Waals surface area contributed by atoms with E-state index < -0.39 is 18.4 Å². The topological polar surface area (TPSA) is 108 Å². The van der Waals surface area contributed by atoms with Gasteiger partial charge in [-0.1, -0.05) is 30.3 Å². The Kier molecular flexibility index (Phi) is 4.88. The van der Waals surface area contributed by atoms with E-state index in [1.54, 1.807) is 0 Å². The van der Waals surface area contributed by atoms with Gasteiger partial charge in [0.2, 0.25) is 0 Å². The van der Waals surface area contributed by atoms with E-state index in [-0.39, 0.29) is 12.0 Å². The van der Waals surface area contributed by atoms with Crippen molar-refractivity contribution >= 4 is 11.9 Å². The van der Waals surface area contributed by atoms with Crippen molar-refractivity contribution in [2.75, 3.05) is 6.54 Å². The number of carboxylic acid groups (broad SMARTS) is 1. The van der Waals surface area contributed by atoms with E-state index in [0.29, 0.717) is 12.2 Å². The first-order valence-electron chi connectivity index (χ1n) is 6.61. The molecule has 1 amide bonds. The molecule has 0 saturated carbocycles. The number of carbonyl (C=O) groups is 2. The minimum atomic E-state index is -1.12. The Bertz CT molecular complexity index is 716. The summed E-state index contributed by atoms with van der Waals surface area (Å²) < 4.78 is 1.52. The second-order valence-corrected chi connectivity index (χ2v) is 4.51. The molecular weight excluding hydrogens is 284 g/mol. The third kappa shape index (κ3) is 3.70. The van der Waals surface area contributed by atoms with Gasteiger partial charge in [0.25, 0.3) is 5.91 Å². The van der Waals surface area contributed by atoms with Gasteiger partial charge in [-0.15, -0.1) is 0 Å². The number of aromatic nitrogens is 2. The number of carboxylic acids is 1. The zero-order chi connectivity index (χ0) is 15.9. The highest BCUT2D eigenvalue weighted by molar-refractivity contribution is 6.00. The molecule has 0 atom stereocenters. The van der Waals surface area contributed by atoms with E-state index in [9.17, 15) is 9.59 Å². The van der Waals surface area contributed by atoms with E-state index >= 15 is 0 Å². The second-order valence-electron chi connectivity index (χ2n) is 4.51. The summed E-state index contributed by atoms with van der Waals surface area (Å²) in [5.74, 6) is -1.63. The molecule has 2 rings (SSSR count). The van der Waals surface area contributed by atoms with Crippen LogP contribution < -0.4 is 5.32 Å². The van der Waals surface area contributed by atoms with Crippen molar-refractivity contribution in [3.05, 3.63) is 42.1 Å². The molecule has 0 saturated heterocycles. The molecule has 0 aliphatic carbocycles. The van der Waals surface area contributed by atoms with Gasteiger partial charge in [0.15, 0.2) is 0 Å². The van der Waals surface area contributed by atoms with Crippen LogP contribution >= 0.6 is 0 Å². The predicted molar refractivity (Wildman–Crippen MR) is 77.9 cm³/mol. The van der Waals surface area contributed by atoms with Crippen LogP contribution in [0.4, 0.5) is 0 Å². The Morgan fingerprint density at radius 3 is 2.68 bits per heavy atom. The average molecular weight is 298 g/mol. The van der Waals surface area contributed by atoms with Crippen LogP contribution in [0, 0.1) is 11.3 Å². The molecule has 0 fully saturated rings. The monoisotopic (exact) mass is 298 g/mol. The second kappa shape index (κ2) is 7.04. The van der Waals surface area contributed by atoms with Crippen LogP contribution in [0.15, 0.2) is 36.5 Å². The van der Waals surface area contributed by atoms with Crippen LogP contribution in [0.3, 0.4) is 0 Å². The summed E-state index contributed by atoms with van der Waals surface area (Å²) in [5.41, 5.74) is 1.49. The molecule has 0 bridgehead atoms.